The molecule has 4 rings (SSSR count). The van der Waals surface area contributed by atoms with Crippen molar-refractivity contribution in [1.29, 1.82) is 0 Å². The SMILES string of the molecule is COc1ccc(-c2csc(CCCOc3ccc(S(=O)(=O)C4(C(=O)NO)CCOCC4)cc3)c2)cc1. The summed E-state index contributed by atoms with van der Waals surface area (Å²) in [5, 5.41) is 11.3. The van der Waals surface area contributed by atoms with Crippen molar-refractivity contribution in [2.75, 3.05) is 26.9 Å². The van der Waals surface area contributed by atoms with E-state index in [1.54, 1.807) is 30.6 Å². The van der Waals surface area contributed by atoms with Crippen LogP contribution in [0, 0.1) is 0 Å². The molecule has 1 amide bonds. The summed E-state index contributed by atoms with van der Waals surface area (Å²) in [6, 6.07) is 16.2. The standard InChI is InChI=1S/C26H29NO7S2/c1-32-21-6-4-19(5-7-21)20-17-23(35-18-20)3-2-14-34-22-8-10-24(11-9-22)36(30,31)26(25(28)27-29)12-15-33-16-13-26/h4-11,17-18,29H,2-3,12-16H2,1H3,(H,27,28). The Labute approximate surface area is 214 Å². The number of nitrogens with one attached hydrogen (secondary N) is 1. The average Bonchev–Trinajstić information content (AvgIpc) is 3.40. The van der Waals surface area contributed by atoms with Crippen LogP contribution in [0.4, 0.5) is 0 Å². The molecule has 0 aliphatic carbocycles. The van der Waals surface area contributed by atoms with E-state index in [0.717, 1.165) is 24.2 Å². The number of thiophene rings is 1. The molecule has 0 atom stereocenters. The van der Waals surface area contributed by atoms with Gasteiger partial charge in [0.25, 0.3) is 5.91 Å². The number of sulfone groups is 1. The lowest BCUT2D eigenvalue weighted by Gasteiger charge is -2.34. The van der Waals surface area contributed by atoms with Crippen molar-refractivity contribution >= 4 is 27.1 Å². The summed E-state index contributed by atoms with van der Waals surface area (Å²) in [4.78, 5) is 13.6. The fraction of sp³-hybridized carbons (Fsp3) is 0.346. The van der Waals surface area contributed by atoms with Crippen molar-refractivity contribution in [3.05, 3.63) is 64.9 Å². The zero-order valence-corrected chi connectivity index (χ0v) is 21.6. The first-order chi connectivity index (χ1) is 17.4. The summed E-state index contributed by atoms with van der Waals surface area (Å²) < 4.78 is 41.1. The molecule has 8 nitrogen and oxygen atoms in total. The Kier molecular flexibility index (Phi) is 8.30. The highest BCUT2D eigenvalue weighted by Crippen LogP contribution is 2.36. The third-order valence-corrected chi connectivity index (χ3v) is 9.89. The highest BCUT2D eigenvalue weighted by atomic mass is 32.2. The lowest BCUT2D eigenvalue weighted by molar-refractivity contribution is -0.134. The van der Waals surface area contributed by atoms with Crippen LogP contribution in [0.2, 0.25) is 0 Å². The highest BCUT2D eigenvalue weighted by Gasteiger charge is 2.52. The molecule has 0 radical (unpaired) electrons. The van der Waals surface area contributed by atoms with E-state index in [2.05, 4.69) is 11.4 Å². The maximum Gasteiger partial charge on any atom is 0.265 e. The molecular formula is C26H29NO7S2. The predicted molar refractivity (Wildman–Crippen MR) is 136 cm³/mol. The van der Waals surface area contributed by atoms with Crippen LogP contribution in [0.3, 0.4) is 0 Å². The number of carbonyl (C=O) groups excluding carboxylic acids is 1. The van der Waals surface area contributed by atoms with Crippen LogP contribution in [0.5, 0.6) is 11.5 Å². The molecule has 1 aliphatic rings. The van der Waals surface area contributed by atoms with Gasteiger partial charge in [-0.25, -0.2) is 13.9 Å². The van der Waals surface area contributed by atoms with Gasteiger partial charge in [-0.1, -0.05) is 12.1 Å². The van der Waals surface area contributed by atoms with E-state index >= 15 is 0 Å². The normalized spacial score (nSPS) is 15.3. The molecule has 1 aromatic heterocycles. The number of hydroxylamine groups is 1. The van der Waals surface area contributed by atoms with Gasteiger partial charge >= 0.3 is 0 Å². The molecule has 0 unspecified atom stereocenters. The first-order valence-corrected chi connectivity index (χ1v) is 14.0. The topological polar surface area (TPSA) is 111 Å². The number of methoxy groups -OCH3 is 1. The number of hydrogen-bond acceptors (Lipinski definition) is 8. The molecule has 0 bridgehead atoms. The summed E-state index contributed by atoms with van der Waals surface area (Å²) in [7, 11) is -2.40. The Morgan fingerprint density at radius 3 is 2.36 bits per heavy atom. The van der Waals surface area contributed by atoms with Crippen LogP contribution < -0.4 is 15.0 Å². The molecule has 2 heterocycles. The van der Waals surface area contributed by atoms with Gasteiger partial charge in [-0.15, -0.1) is 11.3 Å². The van der Waals surface area contributed by atoms with Gasteiger partial charge in [-0.05, 0) is 84.7 Å². The van der Waals surface area contributed by atoms with Crippen molar-refractivity contribution in [3.63, 3.8) is 0 Å². The number of aryl methyl sites for hydroxylation is 1. The minimum absolute atomic E-state index is 0.00463. The highest BCUT2D eigenvalue weighted by molar-refractivity contribution is 7.93. The monoisotopic (exact) mass is 531 g/mol. The lowest BCUT2D eigenvalue weighted by atomic mass is 9.98. The van der Waals surface area contributed by atoms with Gasteiger partial charge in [-0.2, -0.15) is 0 Å². The zero-order valence-electron chi connectivity index (χ0n) is 19.9. The van der Waals surface area contributed by atoms with E-state index < -0.39 is 20.5 Å². The zero-order chi connectivity index (χ0) is 25.6. The molecule has 0 spiro atoms. The molecular weight excluding hydrogens is 502 g/mol. The van der Waals surface area contributed by atoms with Crippen LogP contribution in [0.15, 0.2) is 64.9 Å². The number of hydrogen-bond donors (Lipinski definition) is 2. The van der Waals surface area contributed by atoms with Crippen molar-refractivity contribution in [1.82, 2.24) is 5.48 Å². The number of ether oxygens (including phenoxy) is 3. The van der Waals surface area contributed by atoms with E-state index in [-0.39, 0.29) is 31.0 Å². The second kappa shape index (κ2) is 11.4. The third kappa shape index (κ3) is 5.41. The molecule has 192 valence electrons. The summed E-state index contributed by atoms with van der Waals surface area (Å²) >= 11 is 1.71. The second-order valence-corrected chi connectivity index (χ2v) is 11.8. The molecule has 36 heavy (non-hydrogen) atoms. The van der Waals surface area contributed by atoms with Gasteiger partial charge in [0, 0.05) is 18.1 Å². The molecule has 1 aliphatic heterocycles. The molecule has 0 saturated carbocycles. The van der Waals surface area contributed by atoms with Crippen LogP contribution in [0.25, 0.3) is 11.1 Å². The Morgan fingerprint density at radius 1 is 1.06 bits per heavy atom. The quantitative estimate of drug-likeness (QED) is 0.228. The van der Waals surface area contributed by atoms with Gasteiger partial charge in [0.2, 0.25) is 0 Å². The number of amides is 1. The Hall–Kier alpha value is -2.92. The Bertz CT molecular complexity index is 1260. The first-order valence-electron chi connectivity index (χ1n) is 11.6. The molecule has 3 aromatic rings. The van der Waals surface area contributed by atoms with Crippen molar-refractivity contribution in [3.8, 4) is 22.6 Å². The fourth-order valence-corrected chi connectivity index (χ4v) is 7.12. The summed E-state index contributed by atoms with van der Waals surface area (Å²) in [5.74, 6) is 0.442. The van der Waals surface area contributed by atoms with Gasteiger partial charge in [-0.3, -0.25) is 10.0 Å². The van der Waals surface area contributed by atoms with Crippen LogP contribution >= 0.6 is 11.3 Å². The van der Waals surface area contributed by atoms with E-state index in [9.17, 15) is 13.2 Å². The van der Waals surface area contributed by atoms with E-state index in [1.807, 2.05) is 24.3 Å². The van der Waals surface area contributed by atoms with E-state index in [1.165, 1.54) is 28.1 Å². The van der Waals surface area contributed by atoms with Crippen molar-refractivity contribution in [2.24, 2.45) is 0 Å². The number of benzene rings is 2. The Morgan fingerprint density at radius 2 is 1.72 bits per heavy atom. The van der Waals surface area contributed by atoms with Gasteiger partial charge in [0.15, 0.2) is 14.6 Å². The number of carbonyl (C=O) groups is 1. The van der Waals surface area contributed by atoms with Crippen LogP contribution in [-0.4, -0.2) is 51.2 Å². The van der Waals surface area contributed by atoms with Crippen LogP contribution in [0.1, 0.15) is 24.1 Å². The first kappa shape index (κ1) is 26.2. The second-order valence-electron chi connectivity index (χ2n) is 8.50. The summed E-state index contributed by atoms with van der Waals surface area (Å²) in [6.07, 6.45) is 1.63. The van der Waals surface area contributed by atoms with Gasteiger partial charge in [0.05, 0.1) is 18.6 Å². The van der Waals surface area contributed by atoms with E-state index in [0.29, 0.717) is 12.4 Å². The molecule has 2 aromatic carbocycles. The molecule has 10 heteroatoms. The number of rotatable bonds is 10. The predicted octanol–water partition coefficient (Wildman–Crippen LogP) is 4.26. The van der Waals surface area contributed by atoms with E-state index in [4.69, 9.17) is 19.4 Å². The maximum atomic E-state index is 13.3. The minimum Gasteiger partial charge on any atom is -0.497 e. The Balaban J connectivity index is 1.32. The van der Waals surface area contributed by atoms with Crippen molar-refractivity contribution in [2.45, 2.75) is 35.3 Å². The molecule has 1 fully saturated rings. The van der Waals surface area contributed by atoms with Gasteiger partial charge < -0.3 is 14.2 Å². The third-order valence-electron chi connectivity index (χ3n) is 6.38. The summed E-state index contributed by atoms with van der Waals surface area (Å²) in [6.45, 7) is 0.732. The lowest BCUT2D eigenvalue weighted by Crippen LogP contribution is -2.54. The smallest absolute Gasteiger partial charge is 0.265 e. The maximum absolute atomic E-state index is 13.3. The molecule has 2 N–H and O–H groups in total. The summed E-state index contributed by atoms with van der Waals surface area (Å²) in [5.41, 5.74) is 3.84. The fourth-order valence-electron chi connectivity index (χ4n) is 4.24. The molecule has 1 saturated heterocycles. The average molecular weight is 532 g/mol. The van der Waals surface area contributed by atoms with Crippen LogP contribution in [-0.2, 0) is 25.8 Å². The van der Waals surface area contributed by atoms with Gasteiger partial charge in [0.1, 0.15) is 11.5 Å². The minimum atomic E-state index is -4.05. The largest absolute Gasteiger partial charge is 0.497 e. The van der Waals surface area contributed by atoms with Crippen molar-refractivity contribution < 1.29 is 32.6 Å².